The number of nitrogens with two attached hydrogens (primary N) is 1. The fourth-order valence-electron chi connectivity index (χ4n) is 2.06. The SMILES string of the molecule is CC(C)CCN(c1ccnc(CN)c1)C1CC1. The summed E-state index contributed by atoms with van der Waals surface area (Å²) < 4.78 is 0. The number of nitrogens with zero attached hydrogens (tertiary/aromatic N) is 2. The minimum absolute atomic E-state index is 0.524. The molecule has 2 rings (SSSR count). The Hall–Kier alpha value is -1.09. The molecule has 0 radical (unpaired) electrons. The van der Waals surface area contributed by atoms with Crippen molar-refractivity contribution in [2.24, 2.45) is 11.7 Å². The zero-order chi connectivity index (χ0) is 12.3. The molecule has 1 aromatic heterocycles. The maximum Gasteiger partial charge on any atom is 0.0560 e. The second kappa shape index (κ2) is 5.50. The van der Waals surface area contributed by atoms with E-state index in [-0.39, 0.29) is 0 Å². The van der Waals surface area contributed by atoms with Crippen LogP contribution >= 0.6 is 0 Å². The molecule has 94 valence electrons. The topological polar surface area (TPSA) is 42.2 Å². The highest BCUT2D eigenvalue weighted by atomic mass is 15.2. The molecule has 1 fully saturated rings. The molecule has 1 aliphatic rings. The Morgan fingerprint density at radius 3 is 2.82 bits per heavy atom. The van der Waals surface area contributed by atoms with E-state index < -0.39 is 0 Å². The molecule has 0 spiro atoms. The average Bonchev–Trinajstić information content (AvgIpc) is 3.14. The molecule has 17 heavy (non-hydrogen) atoms. The summed E-state index contributed by atoms with van der Waals surface area (Å²) in [6, 6.07) is 5.00. The molecule has 3 heteroatoms. The normalized spacial score (nSPS) is 15.3. The highest BCUT2D eigenvalue weighted by molar-refractivity contribution is 5.48. The average molecular weight is 233 g/mol. The van der Waals surface area contributed by atoms with Crippen molar-refractivity contribution in [2.75, 3.05) is 11.4 Å². The van der Waals surface area contributed by atoms with Gasteiger partial charge < -0.3 is 10.6 Å². The van der Waals surface area contributed by atoms with Crippen molar-refractivity contribution < 1.29 is 0 Å². The lowest BCUT2D eigenvalue weighted by molar-refractivity contribution is 0.570. The van der Waals surface area contributed by atoms with Crippen LogP contribution in [0.15, 0.2) is 18.3 Å². The Labute approximate surface area is 104 Å². The standard InChI is InChI=1S/C14H23N3/c1-11(2)6-8-17(13-3-4-13)14-5-7-16-12(9-14)10-15/h5,7,9,11,13H,3-4,6,8,10,15H2,1-2H3. The highest BCUT2D eigenvalue weighted by Gasteiger charge is 2.29. The number of anilines is 1. The first-order valence-corrected chi connectivity index (χ1v) is 6.62. The van der Waals surface area contributed by atoms with Crippen LogP contribution in [0.25, 0.3) is 0 Å². The van der Waals surface area contributed by atoms with Crippen molar-refractivity contribution in [2.45, 2.75) is 45.7 Å². The van der Waals surface area contributed by atoms with Gasteiger partial charge in [0, 0.05) is 31.0 Å². The molecule has 2 N–H and O–H groups in total. The Morgan fingerprint density at radius 2 is 2.24 bits per heavy atom. The molecule has 0 bridgehead atoms. The number of hydrogen-bond acceptors (Lipinski definition) is 3. The lowest BCUT2D eigenvalue weighted by Gasteiger charge is -2.25. The lowest BCUT2D eigenvalue weighted by atomic mass is 10.1. The first-order chi connectivity index (χ1) is 8.20. The van der Waals surface area contributed by atoms with Crippen LogP contribution < -0.4 is 10.6 Å². The maximum atomic E-state index is 5.65. The minimum atomic E-state index is 0.524. The molecule has 0 atom stereocenters. The smallest absolute Gasteiger partial charge is 0.0560 e. The van der Waals surface area contributed by atoms with Crippen LogP contribution in [-0.2, 0) is 6.54 Å². The van der Waals surface area contributed by atoms with Gasteiger partial charge >= 0.3 is 0 Å². The molecule has 1 aliphatic carbocycles. The molecule has 1 heterocycles. The van der Waals surface area contributed by atoms with Gasteiger partial charge in [0.2, 0.25) is 0 Å². The van der Waals surface area contributed by atoms with Gasteiger partial charge in [0.15, 0.2) is 0 Å². The third-order valence-corrected chi connectivity index (χ3v) is 3.28. The van der Waals surface area contributed by atoms with Crippen molar-refractivity contribution >= 4 is 5.69 Å². The van der Waals surface area contributed by atoms with Crippen molar-refractivity contribution in [3.63, 3.8) is 0 Å². The zero-order valence-electron chi connectivity index (χ0n) is 10.9. The van der Waals surface area contributed by atoms with E-state index in [1.807, 2.05) is 6.20 Å². The second-order valence-electron chi connectivity index (χ2n) is 5.32. The third-order valence-electron chi connectivity index (χ3n) is 3.28. The summed E-state index contributed by atoms with van der Waals surface area (Å²) in [7, 11) is 0. The van der Waals surface area contributed by atoms with Crippen LogP contribution in [0, 0.1) is 5.92 Å². The number of pyridine rings is 1. The maximum absolute atomic E-state index is 5.65. The summed E-state index contributed by atoms with van der Waals surface area (Å²) in [5, 5.41) is 0. The quantitative estimate of drug-likeness (QED) is 0.821. The van der Waals surface area contributed by atoms with Gasteiger partial charge in [-0.3, -0.25) is 4.98 Å². The molecule has 0 unspecified atom stereocenters. The predicted molar refractivity (Wildman–Crippen MR) is 72.0 cm³/mol. The van der Waals surface area contributed by atoms with Gasteiger partial charge in [-0.25, -0.2) is 0 Å². The molecule has 1 aromatic rings. The number of hydrogen-bond donors (Lipinski definition) is 1. The second-order valence-corrected chi connectivity index (χ2v) is 5.32. The molecule has 0 aliphatic heterocycles. The Morgan fingerprint density at radius 1 is 1.47 bits per heavy atom. The van der Waals surface area contributed by atoms with Gasteiger partial charge in [-0.2, -0.15) is 0 Å². The molecular weight excluding hydrogens is 210 g/mol. The number of rotatable bonds is 6. The van der Waals surface area contributed by atoms with E-state index in [2.05, 4.69) is 35.9 Å². The van der Waals surface area contributed by atoms with E-state index in [1.54, 1.807) is 0 Å². The Bertz CT molecular complexity index is 358. The van der Waals surface area contributed by atoms with E-state index in [4.69, 9.17) is 5.73 Å². The van der Waals surface area contributed by atoms with E-state index >= 15 is 0 Å². The van der Waals surface area contributed by atoms with Crippen molar-refractivity contribution in [1.29, 1.82) is 0 Å². The van der Waals surface area contributed by atoms with Crippen LogP contribution in [0.3, 0.4) is 0 Å². The third kappa shape index (κ3) is 3.43. The summed E-state index contributed by atoms with van der Waals surface area (Å²) >= 11 is 0. The van der Waals surface area contributed by atoms with E-state index in [1.165, 1.54) is 24.9 Å². The fraction of sp³-hybridized carbons (Fsp3) is 0.643. The molecule has 0 saturated heterocycles. The highest BCUT2D eigenvalue weighted by Crippen LogP contribution is 2.32. The van der Waals surface area contributed by atoms with Crippen LogP contribution in [0.1, 0.15) is 38.8 Å². The molecule has 3 nitrogen and oxygen atoms in total. The van der Waals surface area contributed by atoms with Crippen molar-refractivity contribution in [1.82, 2.24) is 4.98 Å². The first kappa shape index (κ1) is 12.4. The molecule has 0 amide bonds. The molecule has 1 saturated carbocycles. The summed E-state index contributed by atoms with van der Waals surface area (Å²) in [5.41, 5.74) is 7.93. The fourth-order valence-corrected chi connectivity index (χ4v) is 2.06. The van der Waals surface area contributed by atoms with Gasteiger partial charge in [-0.05, 0) is 37.3 Å². The summed E-state index contributed by atoms with van der Waals surface area (Å²) in [5.74, 6) is 0.757. The van der Waals surface area contributed by atoms with Crippen LogP contribution in [0.2, 0.25) is 0 Å². The van der Waals surface area contributed by atoms with E-state index in [0.29, 0.717) is 6.54 Å². The van der Waals surface area contributed by atoms with Gasteiger partial charge in [0.1, 0.15) is 0 Å². The first-order valence-electron chi connectivity index (χ1n) is 6.62. The molecule has 0 aromatic carbocycles. The van der Waals surface area contributed by atoms with E-state index in [9.17, 15) is 0 Å². The van der Waals surface area contributed by atoms with Gasteiger partial charge in [-0.15, -0.1) is 0 Å². The van der Waals surface area contributed by atoms with Crippen molar-refractivity contribution in [3.05, 3.63) is 24.0 Å². The van der Waals surface area contributed by atoms with Crippen LogP contribution in [-0.4, -0.2) is 17.6 Å². The van der Waals surface area contributed by atoms with Crippen molar-refractivity contribution in [3.8, 4) is 0 Å². The zero-order valence-corrected chi connectivity index (χ0v) is 10.9. The minimum Gasteiger partial charge on any atom is -0.368 e. The summed E-state index contributed by atoms with van der Waals surface area (Å²) in [6.07, 6.45) is 5.79. The lowest BCUT2D eigenvalue weighted by Crippen LogP contribution is -2.28. The Kier molecular flexibility index (Phi) is 4.00. The van der Waals surface area contributed by atoms with Gasteiger partial charge in [0.05, 0.1) is 5.69 Å². The van der Waals surface area contributed by atoms with Gasteiger partial charge in [0.25, 0.3) is 0 Å². The molecular formula is C14H23N3. The van der Waals surface area contributed by atoms with Crippen LogP contribution in [0.5, 0.6) is 0 Å². The van der Waals surface area contributed by atoms with Crippen LogP contribution in [0.4, 0.5) is 5.69 Å². The van der Waals surface area contributed by atoms with E-state index in [0.717, 1.165) is 24.2 Å². The monoisotopic (exact) mass is 233 g/mol. The summed E-state index contributed by atoms with van der Waals surface area (Å²) in [4.78, 5) is 6.79. The largest absolute Gasteiger partial charge is 0.368 e. The summed E-state index contributed by atoms with van der Waals surface area (Å²) in [6.45, 7) is 6.23. The van der Waals surface area contributed by atoms with Gasteiger partial charge in [-0.1, -0.05) is 13.8 Å². The Balaban J connectivity index is 2.08. The number of aromatic nitrogens is 1. The predicted octanol–water partition coefficient (Wildman–Crippen LogP) is 2.56.